The van der Waals surface area contributed by atoms with Gasteiger partial charge in [0.15, 0.2) is 0 Å². The van der Waals surface area contributed by atoms with E-state index in [1.165, 1.54) is 12.1 Å². The Labute approximate surface area is 109 Å². The molecule has 0 spiro atoms. The molecule has 2 aromatic carbocycles. The largest absolute Gasteiger partial charge is 0.384 e. The van der Waals surface area contributed by atoms with Crippen LogP contribution in [0.5, 0.6) is 0 Å². The topological polar surface area (TPSA) is 49.3 Å². The lowest BCUT2D eigenvalue weighted by Crippen LogP contribution is -2.03. The first-order chi connectivity index (χ1) is 9.13. The standard InChI is InChI=1S/C15H12FNO2/c16-12-4-1-9(2-5-12)15(19)10-3-6-13-11(7-10)8-14(18)17-13/h1-7,15,19H,8H2,(H,17,18). The van der Waals surface area contributed by atoms with Crippen LogP contribution in [0, 0.1) is 5.82 Å². The van der Waals surface area contributed by atoms with Gasteiger partial charge in [0, 0.05) is 5.69 Å². The van der Waals surface area contributed by atoms with Gasteiger partial charge in [0.2, 0.25) is 5.91 Å². The van der Waals surface area contributed by atoms with Gasteiger partial charge in [0.1, 0.15) is 11.9 Å². The van der Waals surface area contributed by atoms with Crippen molar-refractivity contribution >= 4 is 11.6 Å². The van der Waals surface area contributed by atoms with E-state index in [9.17, 15) is 14.3 Å². The highest BCUT2D eigenvalue weighted by molar-refractivity contribution is 5.99. The summed E-state index contributed by atoms with van der Waals surface area (Å²) in [5.41, 5.74) is 2.99. The van der Waals surface area contributed by atoms with Gasteiger partial charge in [-0.3, -0.25) is 4.79 Å². The summed E-state index contributed by atoms with van der Waals surface area (Å²) in [6.07, 6.45) is -0.485. The summed E-state index contributed by atoms with van der Waals surface area (Å²) in [5, 5.41) is 13.0. The molecule has 1 heterocycles. The van der Waals surface area contributed by atoms with Crippen molar-refractivity contribution in [2.45, 2.75) is 12.5 Å². The molecule has 96 valence electrons. The zero-order chi connectivity index (χ0) is 13.4. The highest BCUT2D eigenvalue weighted by Gasteiger charge is 2.19. The van der Waals surface area contributed by atoms with Gasteiger partial charge in [-0.2, -0.15) is 0 Å². The molecule has 3 nitrogen and oxygen atoms in total. The van der Waals surface area contributed by atoms with Gasteiger partial charge in [0.05, 0.1) is 6.42 Å². The number of anilines is 1. The Bertz CT molecular complexity index is 637. The van der Waals surface area contributed by atoms with Crippen LogP contribution in [-0.4, -0.2) is 11.0 Å². The molecule has 19 heavy (non-hydrogen) atoms. The highest BCUT2D eigenvalue weighted by atomic mass is 19.1. The number of benzene rings is 2. The number of nitrogens with one attached hydrogen (secondary N) is 1. The van der Waals surface area contributed by atoms with Gasteiger partial charge in [0.25, 0.3) is 0 Å². The second kappa shape index (κ2) is 4.48. The Morgan fingerprint density at radius 3 is 2.53 bits per heavy atom. The van der Waals surface area contributed by atoms with E-state index < -0.39 is 6.10 Å². The van der Waals surface area contributed by atoms with Crippen molar-refractivity contribution in [1.82, 2.24) is 0 Å². The minimum Gasteiger partial charge on any atom is -0.384 e. The number of aliphatic hydroxyl groups excluding tert-OH is 1. The van der Waals surface area contributed by atoms with Gasteiger partial charge >= 0.3 is 0 Å². The summed E-state index contributed by atoms with van der Waals surface area (Å²) in [4.78, 5) is 11.3. The summed E-state index contributed by atoms with van der Waals surface area (Å²) in [6.45, 7) is 0. The van der Waals surface area contributed by atoms with Crippen molar-refractivity contribution in [3.63, 3.8) is 0 Å². The van der Waals surface area contributed by atoms with Crippen molar-refractivity contribution in [3.8, 4) is 0 Å². The summed E-state index contributed by atoms with van der Waals surface area (Å²) in [7, 11) is 0. The van der Waals surface area contributed by atoms with Crippen LogP contribution in [0.4, 0.5) is 10.1 Å². The van der Waals surface area contributed by atoms with E-state index in [4.69, 9.17) is 0 Å². The minimum absolute atomic E-state index is 0.0385. The molecule has 1 atom stereocenters. The number of halogens is 1. The van der Waals surface area contributed by atoms with Crippen molar-refractivity contribution in [2.75, 3.05) is 5.32 Å². The van der Waals surface area contributed by atoms with Gasteiger partial charge in [-0.05, 0) is 34.9 Å². The predicted molar refractivity (Wildman–Crippen MR) is 69.2 cm³/mol. The molecule has 4 heteroatoms. The molecule has 2 N–H and O–H groups in total. The Balaban J connectivity index is 1.92. The van der Waals surface area contributed by atoms with Gasteiger partial charge < -0.3 is 10.4 Å². The Kier molecular flexibility index (Phi) is 2.80. The molecule has 1 aliphatic heterocycles. The maximum atomic E-state index is 12.8. The van der Waals surface area contributed by atoms with E-state index in [1.807, 2.05) is 0 Å². The lowest BCUT2D eigenvalue weighted by molar-refractivity contribution is -0.115. The normalized spacial score (nSPS) is 14.9. The maximum Gasteiger partial charge on any atom is 0.228 e. The third-order valence-electron chi connectivity index (χ3n) is 3.26. The van der Waals surface area contributed by atoms with Gasteiger partial charge in [-0.25, -0.2) is 4.39 Å². The van der Waals surface area contributed by atoms with Crippen molar-refractivity contribution in [1.29, 1.82) is 0 Å². The first-order valence-electron chi connectivity index (χ1n) is 6.00. The Hall–Kier alpha value is -2.20. The molecule has 1 unspecified atom stereocenters. The van der Waals surface area contributed by atoms with Crippen LogP contribution in [0.1, 0.15) is 22.8 Å². The smallest absolute Gasteiger partial charge is 0.228 e. The molecule has 1 aliphatic rings. The fraction of sp³-hybridized carbons (Fsp3) is 0.133. The van der Waals surface area contributed by atoms with Crippen molar-refractivity contribution < 1.29 is 14.3 Å². The number of hydrogen-bond acceptors (Lipinski definition) is 2. The molecular formula is C15H12FNO2. The zero-order valence-electron chi connectivity index (χ0n) is 10.1. The van der Waals surface area contributed by atoms with E-state index in [2.05, 4.69) is 5.32 Å². The Morgan fingerprint density at radius 2 is 1.79 bits per heavy atom. The number of aliphatic hydroxyl groups is 1. The SMILES string of the molecule is O=C1Cc2cc(C(O)c3ccc(F)cc3)ccc2N1. The van der Waals surface area contributed by atoms with Crippen LogP contribution in [0.25, 0.3) is 0 Å². The molecule has 0 fully saturated rings. The van der Waals surface area contributed by atoms with Crippen LogP contribution in [0.3, 0.4) is 0 Å². The fourth-order valence-electron chi connectivity index (χ4n) is 2.26. The minimum atomic E-state index is -0.818. The van der Waals surface area contributed by atoms with Crippen LogP contribution >= 0.6 is 0 Å². The molecule has 0 aromatic heterocycles. The van der Waals surface area contributed by atoms with Crippen LogP contribution < -0.4 is 5.32 Å². The van der Waals surface area contributed by atoms with Gasteiger partial charge in [-0.15, -0.1) is 0 Å². The lowest BCUT2D eigenvalue weighted by atomic mass is 9.99. The fourth-order valence-corrected chi connectivity index (χ4v) is 2.26. The summed E-state index contributed by atoms with van der Waals surface area (Å²) in [6, 6.07) is 11.1. The number of rotatable bonds is 2. The molecule has 0 aliphatic carbocycles. The molecule has 0 radical (unpaired) electrons. The average Bonchev–Trinajstić information content (AvgIpc) is 2.77. The molecule has 1 amide bonds. The van der Waals surface area contributed by atoms with Crippen molar-refractivity contribution in [2.24, 2.45) is 0 Å². The van der Waals surface area contributed by atoms with Crippen LogP contribution in [0.15, 0.2) is 42.5 Å². The second-order valence-corrected chi connectivity index (χ2v) is 4.60. The van der Waals surface area contributed by atoms with E-state index in [0.29, 0.717) is 17.5 Å². The summed E-state index contributed by atoms with van der Waals surface area (Å²) < 4.78 is 12.8. The predicted octanol–water partition coefficient (Wildman–Crippen LogP) is 2.40. The van der Waals surface area contributed by atoms with E-state index in [0.717, 1.165) is 11.3 Å². The average molecular weight is 257 g/mol. The quantitative estimate of drug-likeness (QED) is 0.868. The molecule has 0 bridgehead atoms. The number of carbonyl (C=O) groups is 1. The monoisotopic (exact) mass is 257 g/mol. The first-order valence-corrected chi connectivity index (χ1v) is 6.00. The number of hydrogen-bond donors (Lipinski definition) is 2. The van der Waals surface area contributed by atoms with Crippen LogP contribution in [-0.2, 0) is 11.2 Å². The summed E-state index contributed by atoms with van der Waals surface area (Å²) >= 11 is 0. The van der Waals surface area contributed by atoms with E-state index in [-0.39, 0.29) is 11.7 Å². The lowest BCUT2D eigenvalue weighted by Gasteiger charge is -2.12. The van der Waals surface area contributed by atoms with E-state index >= 15 is 0 Å². The number of amides is 1. The van der Waals surface area contributed by atoms with Gasteiger partial charge in [-0.1, -0.05) is 24.3 Å². The number of carbonyl (C=O) groups excluding carboxylic acids is 1. The zero-order valence-corrected chi connectivity index (χ0v) is 10.1. The molecular weight excluding hydrogens is 245 g/mol. The van der Waals surface area contributed by atoms with E-state index in [1.54, 1.807) is 30.3 Å². The highest BCUT2D eigenvalue weighted by Crippen LogP contribution is 2.29. The Morgan fingerprint density at radius 1 is 1.11 bits per heavy atom. The summed E-state index contributed by atoms with van der Waals surface area (Å²) in [5.74, 6) is -0.372. The number of fused-ring (bicyclic) bond motifs is 1. The molecule has 2 aromatic rings. The van der Waals surface area contributed by atoms with Crippen molar-refractivity contribution in [3.05, 3.63) is 65.0 Å². The molecule has 3 rings (SSSR count). The third-order valence-corrected chi connectivity index (χ3v) is 3.26. The molecule has 0 saturated carbocycles. The van der Waals surface area contributed by atoms with Crippen LogP contribution in [0.2, 0.25) is 0 Å². The third kappa shape index (κ3) is 2.22. The first kappa shape index (κ1) is 11.9. The molecule has 0 saturated heterocycles. The maximum absolute atomic E-state index is 12.8. The second-order valence-electron chi connectivity index (χ2n) is 4.60.